The van der Waals surface area contributed by atoms with Crippen molar-refractivity contribution in [1.82, 2.24) is 4.57 Å². The summed E-state index contributed by atoms with van der Waals surface area (Å²) in [5.74, 6) is 0. The van der Waals surface area contributed by atoms with E-state index < -0.39 is 10.1 Å². The number of benzene rings is 2. The smallest absolute Gasteiger partial charge is 0.268 e. The third-order valence-corrected chi connectivity index (χ3v) is 9.69. The molecule has 5 rings (SSSR count). The van der Waals surface area contributed by atoms with Crippen LogP contribution in [-0.4, -0.2) is 17.5 Å². The Kier molecular flexibility index (Phi) is 8.79. The third-order valence-electron chi connectivity index (χ3n) is 6.52. The van der Waals surface area contributed by atoms with E-state index >= 15 is 0 Å². The van der Waals surface area contributed by atoms with Crippen LogP contribution in [0.15, 0.2) is 58.2 Å². The third kappa shape index (κ3) is 6.29. The Morgan fingerprint density at radius 2 is 1.68 bits per heavy atom. The maximum Gasteiger partial charge on any atom is 0.268 e. The van der Waals surface area contributed by atoms with Crippen molar-refractivity contribution in [2.45, 2.75) is 70.9 Å². The molecule has 0 bridgehead atoms. The van der Waals surface area contributed by atoms with E-state index in [0.29, 0.717) is 0 Å². The van der Waals surface area contributed by atoms with Crippen molar-refractivity contribution < 1.29 is 17.5 Å². The van der Waals surface area contributed by atoms with Gasteiger partial charge in [-0.2, -0.15) is 4.57 Å². The Morgan fingerprint density at radius 1 is 1.00 bits per heavy atom. The molecule has 2 heterocycles. The summed E-state index contributed by atoms with van der Waals surface area (Å²) >= 11 is 3.50. The standard InChI is InChI=1S/C21H25N2OS2.C7H8O3S/c1-3-22-16-12-8-9-13-17(16)25-18(22)14-19-23(4-2)21(24)20(26-19)15-10-6-5-7-11-15;1-6-2-4-7(5-3-6)11(8,9)10/h8-9,12-14H,3-7,10-11H2,1-2H3;2-5H,1H3,(H,8,9,10)/q+1;/p-1. The van der Waals surface area contributed by atoms with Gasteiger partial charge in [-0.25, -0.2) is 8.42 Å². The van der Waals surface area contributed by atoms with E-state index in [4.69, 9.17) is 0 Å². The molecule has 0 unspecified atom stereocenters. The minimum Gasteiger partial charge on any atom is -0.744 e. The zero-order valence-corrected chi connectivity index (χ0v) is 23.8. The van der Waals surface area contributed by atoms with Crippen molar-refractivity contribution in [1.29, 1.82) is 0 Å². The van der Waals surface area contributed by atoms with E-state index in [1.807, 2.05) is 11.5 Å². The Balaban J connectivity index is 0.000000245. The molecule has 0 saturated heterocycles. The fourth-order valence-corrected chi connectivity index (χ4v) is 7.51. The Bertz CT molecular complexity index is 1670. The second-order valence-corrected chi connectivity index (χ2v) is 12.5. The van der Waals surface area contributed by atoms with Gasteiger partial charge in [0.2, 0.25) is 5.52 Å². The molecular formula is C28H32N2O4S3. The first kappa shape index (κ1) is 27.4. The molecule has 1 aliphatic rings. The second kappa shape index (κ2) is 11.9. The van der Waals surface area contributed by atoms with Crippen molar-refractivity contribution in [3.05, 3.63) is 78.7 Å². The molecule has 0 amide bonds. The van der Waals surface area contributed by atoms with Crippen LogP contribution in [0.25, 0.3) is 21.9 Å². The van der Waals surface area contributed by atoms with E-state index in [9.17, 15) is 17.8 Å². The number of aromatic nitrogens is 2. The fourth-order valence-electron chi connectivity index (χ4n) is 4.56. The number of thiazole rings is 2. The van der Waals surface area contributed by atoms with E-state index in [2.05, 4.69) is 48.8 Å². The van der Waals surface area contributed by atoms with Crippen molar-refractivity contribution in [3.63, 3.8) is 0 Å². The first-order valence-corrected chi connectivity index (χ1v) is 15.6. The summed E-state index contributed by atoms with van der Waals surface area (Å²) in [5.41, 5.74) is 3.80. The highest BCUT2D eigenvalue weighted by Gasteiger charge is 2.18. The molecule has 1 fully saturated rings. The molecule has 2 aromatic carbocycles. The minimum atomic E-state index is -4.27. The zero-order valence-electron chi connectivity index (χ0n) is 21.4. The first-order chi connectivity index (χ1) is 17.7. The lowest BCUT2D eigenvalue weighted by atomic mass is 9.95. The maximum atomic E-state index is 13.0. The van der Waals surface area contributed by atoms with Gasteiger partial charge in [-0.1, -0.05) is 47.6 Å². The van der Waals surface area contributed by atoms with E-state index in [-0.39, 0.29) is 10.5 Å². The molecular weight excluding hydrogens is 525 g/mol. The van der Waals surface area contributed by atoms with Crippen LogP contribution >= 0.6 is 22.7 Å². The molecule has 0 atom stereocenters. The lowest BCUT2D eigenvalue weighted by Crippen LogP contribution is -2.35. The highest BCUT2D eigenvalue weighted by Crippen LogP contribution is 2.23. The number of para-hydroxylation sites is 1. The molecule has 0 radical (unpaired) electrons. The molecule has 1 saturated carbocycles. The summed E-state index contributed by atoms with van der Waals surface area (Å²) in [5, 5.41) is 1.22. The van der Waals surface area contributed by atoms with Gasteiger partial charge in [0.25, 0.3) is 10.6 Å². The monoisotopic (exact) mass is 556 g/mol. The van der Waals surface area contributed by atoms with Crippen molar-refractivity contribution >= 4 is 54.7 Å². The van der Waals surface area contributed by atoms with E-state index in [1.165, 1.54) is 52.2 Å². The van der Waals surface area contributed by atoms with Crippen LogP contribution in [0.1, 0.15) is 56.5 Å². The molecule has 6 nitrogen and oxygen atoms in total. The summed E-state index contributed by atoms with van der Waals surface area (Å²) in [6.45, 7) is 7.73. The quantitative estimate of drug-likeness (QED) is 0.277. The molecule has 196 valence electrons. The van der Waals surface area contributed by atoms with E-state index in [1.54, 1.807) is 34.8 Å². The molecule has 0 aliphatic heterocycles. The number of aryl methyl sites for hydroxylation is 2. The van der Waals surface area contributed by atoms with Gasteiger partial charge in [0.05, 0.1) is 15.5 Å². The first-order valence-electron chi connectivity index (χ1n) is 12.6. The van der Waals surface area contributed by atoms with Gasteiger partial charge in [0.1, 0.15) is 26.0 Å². The topological polar surface area (TPSA) is 83.1 Å². The number of nitrogens with zero attached hydrogens (tertiary/aromatic N) is 2. The van der Waals surface area contributed by atoms with Crippen molar-refractivity contribution in [2.24, 2.45) is 0 Å². The van der Waals surface area contributed by atoms with Crippen LogP contribution in [0.5, 0.6) is 0 Å². The summed E-state index contributed by atoms with van der Waals surface area (Å²) in [6.07, 6.45) is 8.16. The SMILES string of the molecule is CCn1c(=O)c(=C2CCCCC2)s/c1=C\c1sc2ccccc2[n+]1CC.Cc1ccc(S(=O)(=O)[O-])cc1. The van der Waals surface area contributed by atoms with Gasteiger partial charge in [-0.15, -0.1) is 11.3 Å². The summed E-state index contributed by atoms with van der Waals surface area (Å²) in [7, 11) is -4.27. The highest BCUT2D eigenvalue weighted by molar-refractivity contribution is 7.85. The number of hydrogen-bond acceptors (Lipinski definition) is 6. The van der Waals surface area contributed by atoms with Crippen molar-refractivity contribution in [2.75, 3.05) is 0 Å². The molecule has 2 aromatic heterocycles. The lowest BCUT2D eigenvalue weighted by molar-refractivity contribution is -0.665. The number of fused-ring (bicyclic) bond motifs is 1. The average Bonchev–Trinajstić information content (AvgIpc) is 3.40. The van der Waals surface area contributed by atoms with Gasteiger partial charge in [-0.3, -0.25) is 9.36 Å². The predicted octanol–water partition coefficient (Wildman–Crippen LogP) is 4.29. The van der Waals surface area contributed by atoms with Crippen LogP contribution in [-0.2, 0) is 23.2 Å². The number of hydrogen-bond donors (Lipinski definition) is 0. The molecule has 37 heavy (non-hydrogen) atoms. The summed E-state index contributed by atoms with van der Waals surface area (Å²) in [4.78, 5) is 12.8. The minimum absolute atomic E-state index is 0.178. The normalized spacial score (nSPS) is 14.6. The Morgan fingerprint density at radius 3 is 2.30 bits per heavy atom. The Hall–Kier alpha value is -2.59. The fraction of sp³-hybridized carbons (Fsp3) is 0.357. The van der Waals surface area contributed by atoms with E-state index in [0.717, 1.165) is 40.7 Å². The van der Waals surface area contributed by atoms with Gasteiger partial charge >= 0.3 is 0 Å². The molecule has 0 spiro atoms. The highest BCUT2D eigenvalue weighted by atomic mass is 32.2. The summed E-state index contributed by atoms with van der Waals surface area (Å²) in [6, 6.07) is 14.3. The average molecular weight is 557 g/mol. The molecule has 0 N–H and O–H groups in total. The lowest BCUT2D eigenvalue weighted by Gasteiger charge is -2.11. The van der Waals surface area contributed by atoms with Gasteiger partial charge in [-0.05, 0) is 70.2 Å². The van der Waals surface area contributed by atoms with Crippen molar-refractivity contribution in [3.8, 4) is 0 Å². The predicted molar refractivity (Wildman–Crippen MR) is 150 cm³/mol. The zero-order chi connectivity index (χ0) is 26.6. The van der Waals surface area contributed by atoms with Crippen LogP contribution in [0, 0.1) is 6.92 Å². The van der Waals surface area contributed by atoms with Gasteiger partial charge in [0.15, 0.2) is 0 Å². The van der Waals surface area contributed by atoms with Gasteiger partial charge < -0.3 is 4.55 Å². The molecule has 9 heteroatoms. The van der Waals surface area contributed by atoms with Gasteiger partial charge in [0, 0.05) is 12.6 Å². The largest absolute Gasteiger partial charge is 0.744 e. The second-order valence-electron chi connectivity index (χ2n) is 9.05. The van der Waals surface area contributed by atoms with Crippen LogP contribution in [0.2, 0.25) is 0 Å². The summed E-state index contributed by atoms with van der Waals surface area (Å²) < 4.78 is 38.8. The molecule has 4 aromatic rings. The number of rotatable bonds is 4. The Labute approximate surface area is 225 Å². The molecule has 1 aliphatic carbocycles. The van der Waals surface area contributed by atoms with Crippen LogP contribution in [0.4, 0.5) is 0 Å². The van der Waals surface area contributed by atoms with Crippen LogP contribution < -0.4 is 19.3 Å². The maximum absolute atomic E-state index is 13.0. The van der Waals surface area contributed by atoms with Crippen LogP contribution in [0.3, 0.4) is 0 Å².